The molecule has 3 aliphatic heterocycles. The van der Waals surface area contributed by atoms with Crippen molar-refractivity contribution in [2.75, 3.05) is 13.1 Å². The zero-order valence-corrected chi connectivity index (χ0v) is 20.5. The number of amides is 3. The fourth-order valence-corrected chi connectivity index (χ4v) is 6.02. The fraction of sp³-hybridized carbons (Fsp3) is 0.286. The number of nitrogens with one attached hydrogen (secondary N) is 2. The first kappa shape index (κ1) is 22.9. The third kappa shape index (κ3) is 3.40. The maximum atomic E-state index is 15.5. The summed E-state index contributed by atoms with van der Waals surface area (Å²) in [5, 5.41) is 6.26. The molecule has 10 heteroatoms. The highest BCUT2D eigenvalue weighted by molar-refractivity contribution is 6.49. The van der Waals surface area contributed by atoms with Crippen LogP contribution in [-0.2, 0) is 27.5 Å². The molecule has 38 heavy (non-hydrogen) atoms. The molecule has 3 aromatic heterocycles. The predicted molar refractivity (Wildman–Crippen MR) is 138 cm³/mol. The molecule has 0 saturated carbocycles. The average molecular weight is 513 g/mol. The molecule has 1 atom stereocenters. The van der Waals surface area contributed by atoms with Crippen molar-refractivity contribution in [1.82, 2.24) is 29.5 Å². The van der Waals surface area contributed by atoms with Gasteiger partial charge in [-0.15, -0.1) is 0 Å². The second kappa shape index (κ2) is 8.63. The summed E-state index contributed by atoms with van der Waals surface area (Å²) in [7, 11) is 0. The van der Waals surface area contributed by atoms with Gasteiger partial charge in [0, 0.05) is 43.8 Å². The number of nitrogens with zero attached hydrogens (tertiary/aromatic N) is 4. The molecule has 2 N–H and O–H groups in total. The van der Waals surface area contributed by atoms with Crippen LogP contribution in [0.3, 0.4) is 0 Å². The van der Waals surface area contributed by atoms with Crippen molar-refractivity contribution in [2.24, 2.45) is 0 Å². The van der Waals surface area contributed by atoms with Gasteiger partial charge in [0.25, 0.3) is 11.8 Å². The Kier molecular flexibility index (Phi) is 5.19. The molecule has 0 bridgehead atoms. The van der Waals surface area contributed by atoms with Gasteiger partial charge in [-0.2, -0.15) is 4.39 Å². The lowest BCUT2D eigenvalue weighted by Crippen LogP contribution is -2.49. The minimum Gasteiger partial charge on any atom is -0.341 e. The highest BCUT2D eigenvalue weighted by Crippen LogP contribution is 2.38. The number of aromatic nitrogens is 3. The molecule has 1 saturated heterocycles. The summed E-state index contributed by atoms with van der Waals surface area (Å²) in [5.74, 6) is -1.57. The van der Waals surface area contributed by atoms with Crippen LogP contribution < -0.4 is 10.6 Å². The van der Waals surface area contributed by atoms with Crippen LogP contribution in [0.4, 0.5) is 4.39 Å². The largest absolute Gasteiger partial charge is 0.341 e. The lowest BCUT2D eigenvalue weighted by atomic mass is 9.95. The molecule has 0 aliphatic carbocycles. The number of fused-ring (bicyclic) bond motifs is 1. The maximum Gasteiger partial charge on any atom is 0.261 e. The highest BCUT2D eigenvalue weighted by Gasteiger charge is 2.36. The van der Waals surface area contributed by atoms with Crippen LogP contribution in [0.1, 0.15) is 36.1 Å². The van der Waals surface area contributed by atoms with Crippen molar-refractivity contribution in [3.63, 3.8) is 0 Å². The topological polar surface area (TPSA) is 101 Å². The van der Waals surface area contributed by atoms with E-state index in [1.165, 1.54) is 10.6 Å². The summed E-state index contributed by atoms with van der Waals surface area (Å²) in [6.07, 6.45) is 6.42. The Balaban J connectivity index is 1.37. The normalized spacial score (nSPS) is 19.9. The average Bonchev–Trinajstić information content (AvgIpc) is 3.53. The second-order valence-corrected chi connectivity index (χ2v) is 10.0. The summed E-state index contributed by atoms with van der Waals surface area (Å²) < 4.78 is 18.8. The standard InChI is InChI=1S/C28H25FN6O3/c29-21-12-18-17(23-24(27(37)32-26(23)36)20-14-31-22-6-2-5-11-34(20)22)8-7-16-13-30-19(15-35(21)25(16)18)28(38)33-9-3-1-4-10-33/h2,5-8,11-12,14,19,30H,1,3-4,9-10,13,15H2,(H,32,36,37). The van der Waals surface area contributed by atoms with E-state index in [1.54, 1.807) is 22.9 Å². The number of hydrogen-bond donors (Lipinski definition) is 2. The van der Waals surface area contributed by atoms with Gasteiger partial charge in [0.15, 0.2) is 5.95 Å². The van der Waals surface area contributed by atoms with Crippen molar-refractivity contribution < 1.29 is 18.8 Å². The lowest BCUT2D eigenvalue weighted by molar-refractivity contribution is -0.134. The summed E-state index contributed by atoms with van der Waals surface area (Å²) in [5.41, 5.74) is 3.41. The number of halogens is 1. The van der Waals surface area contributed by atoms with E-state index in [0.29, 0.717) is 34.4 Å². The molecular weight excluding hydrogens is 487 g/mol. The van der Waals surface area contributed by atoms with Gasteiger partial charge < -0.3 is 14.8 Å². The van der Waals surface area contributed by atoms with E-state index >= 15 is 4.39 Å². The molecule has 3 amide bonds. The van der Waals surface area contributed by atoms with Gasteiger partial charge in [-0.1, -0.05) is 18.2 Å². The minimum absolute atomic E-state index is 0.0163. The molecule has 9 nitrogen and oxygen atoms in total. The molecule has 192 valence electrons. The molecule has 7 rings (SSSR count). The Morgan fingerprint density at radius 1 is 1.03 bits per heavy atom. The van der Waals surface area contributed by atoms with E-state index in [2.05, 4.69) is 15.6 Å². The molecular formula is C28H25FN6O3. The van der Waals surface area contributed by atoms with Gasteiger partial charge in [-0.3, -0.25) is 24.1 Å². The number of carbonyl (C=O) groups excluding carboxylic acids is 3. The van der Waals surface area contributed by atoms with Crippen LogP contribution in [0.25, 0.3) is 27.7 Å². The van der Waals surface area contributed by atoms with E-state index in [0.717, 1.165) is 37.9 Å². The summed E-state index contributed by atoms with van der Waals surface area (Å²) >= 11 is 0. The van der Waals surface area contributed by atoms with Crippen LogP contribution in [0.5, 0.6) is 0 Å². The van der Waals surface area contributed by atoms with E-state index in [1.807, 2.05) is 29.2 Å². The SMILES string of the molecule is O=C1NC(=O)C(c2cnc3ccccn23)=C1c1ccc2c3c1cc(F)n3CC(C(=O)N1CCCCC1)NC2. The molecule has 6 heterocycles. The number of carbonyl (C=O) groups is 3. The van der Waals surface area contributed by atoms with Crippen LogP contribution in [0.2, 0.25) is 0 Å². The molecule has 3 aliphatic rings. The van der Waals surface area contributed by atoms with Crippen molar-refractivity contribution in [3.05, 3.63) is 71.6 Å². The molecule has 1 aromatic carbocycles. The van der Waals surface area contributed by atoms with Crippen LogP contribution in [0, 0.1) is 5.95 Å². The molecule has 1 fully saturated rings. The molecule has 1 unspecified atom stereocenters. The Hall–Kier alpha value is -4.31. The maximum absolute atomic E-state index is 15.5. The van der Waals surface area contributed by atoms with Crippen LogP contribution in [0.15, 0.2) is 48.8 Å². The Morgan fingerprint density at radius 2 is 1.84 bits per heavy atom. The first-order valence-electron chi connectivity index (χ1n) is 12.9. The van der Waals surface area contributed by atoms with E-state index < -0.39 is 23.8 Å². The Bertz CT molecular complexity index is 1690. The van der Waals surface area contributed by atoms with E-state index in [4.69, 9.17) is 0 Å². The zero-order chi connectivity index (χ0) is 26.0. The number of benzene rings is 1. The van der Waals surface area contributed by atoms with Gasteiger partial charge in [-0.05, 0) is 42.5 Å². The van der Waals surface area contributed by atoms with E-state index in [-0.39, 0.29) is 23.6 Å². The monoisotopic (exact) mass is 512 g/mol. The highest BCUT2D eigenvalue weighted by atomic mass is 19.1. The number of pyridine rings is 1. The first-order chi connectivity index (χ1) is 18.5. The smallest absolute Gasteiger partial charge is 0.261 e. The van der Waals surface area contributed by atoms with Crippen molar-refractivity contribution in [1.29, 1.82) is 0 Å². The van der Waals surface area contributed by atoms with Gasteiger partial charge >= 0.3 is 0 Å². The van der Waals surface area contributed by atoms with Crippen LogP contribution in [-0.4, -0.2) is 55.7 Å². The van der Waals surface area contributed by atoms with Crippen molar-refractivity contribution in [2.45, 2.75) is 38.4 Å². The quantitative estimate of drug-likeness (QED) is 0.411. The third-order valence-corrected chi connectivity index (χ3v) is 7.84. The van der Waals surface area contributed by atoms with Gasteiger partial charge in [0.1, 0.15) is 11.7 Å². The summed E-state index contributed by atoms with van der Waals surface area (Å²) in [6, 6.07) is 9.91. The van der Waals surface area contributed by atoms with Gasteiger partial charge in [0.05, 0.1) is 28.6 Å². The minimum atomic E-state index is -0.557. The van der Waals surface area contributed by atoms with Crippen molar-refractivity contribution in [3.8, 4) is 0 Å². The number of piperidine rings is 1. The number of imide groups is 1. The zero-order valence-electron chi connectivity index (χ0n) is 20.5. The lowest BCUT2D eigenvalue weighted by Gasteiger charge is -2.30. The van der Waals surface area contributed by atoms with Crippen LogP contribution >= 0.6 is 0 Å². The first-order valence-corrected chi connectivity index (χ1v) is 12.9. The number of imidazole rings is 1. The number of hydrogen-bond acceptors (Lipinski definition) is 5. The van der Waals surface area contributed by atoms with Gasteiger partial charge in [-0.25, -0.2) is 4.98 Å². The van der Waals surface area contributed by atoms with Crippen molar-refractivity contribution >= 4 is 45.4 Å². The summed E-state index contributed by atoms with van der Waals surface area (Å²) in [6.45, 7) is 1.97. The predicted octanol–water partition coefficient (Wildman–Crippen LogP) is 2.48. The Labute approximate surface area is 216 Å². The molecule has 0 radical (unpaired) electrons. The fourth-order valence-electron chi connectivity index (χ4n) is 6.02. The molecule has 0 spiro atoms. The van der Waals surface area contributed by atoms with Gasteiger partial charge in [0.2, 0.25) is 5.91 Å². The molecule has 4 aromatic rings. The summed E-state index contributed by atoms with van der Waals surface area (Å²) in [4.78, 5) is 45.7. The number of likely N-dealkylation sites (tertiary alicyclic amines) is 1. The van der Waals surface area contributed by atoms with E-state index in [9.17, 15) is 14.4 Å². The Morgan fingerprint density at radius 3 is 2.68 bits per heavy atom. The second-order valence-electron chi connectivity index (χ2n) is 10.0. The number of rotatable bonds is 3. The third-order valence-electron chi connectivity index (χ3n) is 7.84.